The molecule has 0 bridgehead atoms. The minimum atomic E-state index is 0.593. The lowest BCUT2D eigenvalue weighted by Crippen LogP contribution is -2.25. The van der Waals surface area contributed by atoms with Crippen LogP contribution in [0.15, 0.2) is 0 Å². The quantitative estimate of drug-likeness (QED) is 0.709. The Morgan fingerprint density at radius 3 is 1.89 bits per heavy atom. The summed E-state index contributed by atoms with van der Waals surface area (Å²) in [5.41, 5.74) is 0. The maximum absolute atomic E-state index is 8.72. The third-order valence-corrected chi connectivity index (χ3v) is 4.17. The fraction of sp³-hybridized carbons (Fsp3) is 0.800. The lowest BCUT2D eigenvalue weighted by molar-refractivity contribution is 0.158. The van der Waals surface area contributed by atoms with Crippen LogP contribution in [-0.4, -0.2) is 0 Å². The molecule has 3 heteroatoms. The summed E-state index contributed by atoms with van der Waals surface area (Å²) in [6.07, 6.45) is 8.39. The van der Waals surface area contributed by atoms with Crippen LogP contribution < -0.4 is 0 Å². The van der Waals surface area contributed by atoms with Crippen LogP contribution in [0.1, 0.15) is 57.8 Å². The molecular formula is C15H21N3. The van der Waals surface area contributed by atoms with Crippen molar-refractivity contribution in [3.05, 3.63) is 0 Å². The van der Waals surface area contributed by atoms with Gasteiger partial charge >= 0.3 is 0 Å². The van der Waals surface area contributed by atoms with Crippen LogP contribution in [-0.2, 0) is 0 Å². The Hall–Kier alpha value is -1.53. The molecule has 3 atom stereocenters. The van der Waals surface area contributed by atoms with Gasteiger partial charge in [-0.25, -0.2) is 0 Å². The lowest BCUT2D eigenvalue weighted by Gasteiger charge is -2.35. The van der Waals surface area contributed by atoms with Crippen LogP contribution >= 0.6 is 0 Å². The van der Waals surface area contributed by atoms with Crippen molar-refractivity contribution in [1.29, 1.82) is 15.8 Å². The van der Waals surface area contributed by atoms with Crippen molar-refractivity contribution in [2.45, 2.75) is 57.8 Å². The topological polar surface area (TPSA) is 71.4 Å². The molecule has 3 nitrogen and oxygen atoms in total. The van der Waals surface area contributed by atoms with Crippen molar-refractivity contribution in [3.8, 4) is 18.2 Å². The maximum Gasteiger partial charge on any atom is 0.0621 e. The maximum atomic E-state index is 8.72. The molecule has 3 unspecified atom stereocenters. The molecule has 1 aliphatic carbocycles. The first-order chi connectivity index (χ1) is 8.81. The van der Waals surface area contributed by atoms with Crippen LogP contribution in [0.5, 0.6) is 0 Å². The van der Waals surface area contributed by atoms with Gasteiger partial charge in [0.15, 0.2) is 0 Å². The fourth-order valence-corrected chi connectivity index (χ4v) is 3.19. The van der Waals surface area contributed by atoms with E-state index in [0.717, 1.165) is 25.7 Å². The van der Waals surface area contributed by atoms with Crippen molar-refractivity contribution in [2.75, 3.05) is 0 Å². The van der Waals surface area contributed by atoms with E-state index in [1.54, 1.807) is 0 Å². The van der Waals surface area contributed by atoms with E-state index in [1.807, 2.05) is 0 Å². The van der Waals surface area contributed by atoms with Gasteiger partial charge in [0, 0.05) is 19.3 Å². The van der Waals surface area contributed by atoms with Crippen molar-refractivity contribution in [3.63, 3.8) is 0 Å². The first kappa shape index (κ1) is 14.5. The summed E-state index contributed by atoms with van der Waals surface area (Å²) in [5, 5.41) is 26.1. The van der Waals surface area contributed by atoms with Crippen LogP contribution in [0.2, 0.25) is 0 Å². The first-order valence-corrected chi connectivity index (χ1v) is 6.92. The minimum absolute atomic E-state index is 0.593. The number of nitriles is 3. The van der Waals surface area contributed by atoms with Crippen molar-refractivity contribution < 1.29 is 0 Å². The molecular weight excluding hydrogens is 222 g/mol. The van der Waals surface area contributed by atoms with Gasteiger partial charge in [-0.15, -0.1) is 0 Å². The van der Waals surface area contributed by atoms with E-state index in [-0.39, 0.29) is 0 Å². The second-order valence-electron chi connectivity index (χ2n) is 5.29. The molecule has 18 heavy (non-hydrogen) atoms. The Bertz CT molecular complexity index is 355. The van der Waals surface area contributed by atoms with Crippen LogP contribution in [0.25, 0.3) is 0 Å². The van der Waals surface area contributed by atoms with Gasteiger partial charge in [0.05, 0.1) is 18.2 Å². The lowest BCUT2D eigenvalue weighted by atomic mass is 9.70. The van der Waals surface area contributed by atoms with E-state index in [4.69, 9.17) is 15.8 Å². The largest absolute Gasteiger partial charge is 0.198 e. The van der Waals surface area contributed by atoms with Crippen molar-refractivity contribution in [2.24, 2.45) is 17.8 Å². The Morgan fingerprint density at radius 1 is 0.722 bits per heavy atom. The molecule has 0 aromatic carbocycles. The summed E-state index contributed by atoms with van der Waals surface area (Å²) in [6, 6.07) is 6.68. The summed E-state index contributed by atoms with van der Waals surface area (Å²) in [5.74, 6) is 1.87. The van der Waals surface area contributed by atoms with E-state index < -0.39 is 0 Å². The van der Waals surface area contributed by atoms with Gasteiger partial charge in [-0.05, 0) is 49.9 Å². The minimum Gasteiger partial charge on any atom is -0.198 e. The Labute approximate surface area is 110 Å². The molecule has 0 aliphatic heterocycles. The standard InChI is InChI=1S/C15H21N3/c16-9-1-4-13-7-8-14(5-2-10-17)15(12-13)6-3-11-18/h13-15H,1-8,12H2. The highest BCUT2D eigenvalue weighted by Crippen LogP contribution is 2.40. The fourth-order valence-electron chi connectivity index (χ4n) is 3.19. The molecule has 1 rings (SSSR count). The van der Waals surface area contributed by atoms with E-state index in [9.17, 15) is 0 Å². The van der Waals surface area contributed by atoms with E-state index in [0.29, 0.717) is 37.0 Å². The Kier molecular flexibility index (Phi) is 6.90. The molecule has 0 aromatic heterocycles. The zero-order valence-corrected chi connectivity index (χ0v) is 10.9. The molecule has 96 valence electrons. The van der Waals surface area contributed by atoms with Crippen LogP contribution in [0, 0.1) is 51.7 Å². The molecule has 0 radical (unpaired) electrons. The van der Waals surface area contributed by atoms with Gasteiger partial charge in [0.2, 0.25) is 0 Å². The number of hydrogen-bond acceptors (Lipinski definition) is 3. The van der Waals surface area contributed by atoms with Gasteiger partial charge in [0.25, 0.3) is 0 Å². The van der Waals surface area contributed by atoms with Crippen molar-refractivity contribution >= 4 is 0 Å². The summed E-state index contributed by atoms with van der Waals surface area (Å²) in [6.45, 7) is 0. The molecule has 0 N–H and O–H groups in total. The molecule has 0 saturated heterocycles. The van der Waals surface area contributed by atoms with Gasteiger partial charge in [-0.3, -0.25) is 0 Å². The normalized spacial score (nSPS) is 26.8. The van der Waals surface area contributed by atoms with Crippen LogP contribution in [0.4, 0.5) is 0 Å². The van der Waals surface area contributed by atoms with E-state index >= 15 is 0 Å². The number of nitrogens with zero attached hydrogens (tertiary/aromatic N) is 3. The molecule has 1 saturated carbocycles. The predicted octanol–water partition coefficient (Wildman–Crippen LogP) is 3.93. The second-order valence-corrected chi connectivity index (χ2v) is 5.29. The highest BCUT2D eigenvalue weighted by molar-refractivity contribution is 4.86. The molecule has 1 fully saturated rings. The smallest absolute Gasteiger partial charge is 0.0621 e. The van der Waals surface area contributed by atoms with Gasteiger partial charge in [0.1, 0.15) is 0 Å². The summed E-state index contributed by atoms with van der Waals surface area (Å²) < 4.78 is 0. The van der Waals surface area contributed by atoms with Gasteiger partial charge in [-0.1, -0.05) is 6.42 Å². The summed E-state index contributed by atoms with van der Waals surface area (Å²) >= 11 is 0. The van der Waals surface area contributed by atoms with Crippen molar-refractivity contribution in [1.82, 2.24) is 0 Å². The Morgan fingerprint density at radius 2 is 1.28 bits per heavy atom. The number of hydrogen-bond donors (Lipinski definition) is 0. The molecule has 1 aliphatic rings. The monoisotopic (exact) mass is 243 g/mol. The zero-order chi connectivity index (χ0) is 13.2. The first-order valence-electron chi connectivity index (χ1n) is 6.92. The van der Waals surface area contributed by atoms with E-state index in [1.165, 1.54) is 12.8 Å². The molecule has 0 aromatic rings. The number of rotatable bonds is 6. The summed E-state index contributed by atoms with van der Waals surface area (Å²) in [4.78, 5) is 0. The average molecular weight is 243 g/mol. The SMILES string of the molecule is N#CCCC1CCC(CCC#N)C(CCC#N)C1. The zero-order valence-electron chi connectivity index (χ0n) is 10.9. The third kappa shape index (κ3) is 4.77. The average Bonchev–Trinajstić information content (AvgIpc) is 2.41. The molecule has 0 heterocycles. The van der Waals surface area contributed by atoms with Gasteiger partial charge in [-0.2, -0.15) is 15.8 Å². The molecule has 0 spiro atoms. The highest BCUT2D eigenvalue weighted by Gasteiger charge is 2.29. The molecule has 0 amide bonds. The highest BCUT2D eigenvalue weighted by atomic mass is 14.4. The van der Waals surface area contributed by atoms with E-state index in [2.05, 4.69) is 18.2 Å². The van der Waals surface area contributed by atoms with Gasteiger partial charge < -0.3 is 0 Å². The Balaban J connectivity index is 2.47. The predicted molar refractivity (Wildman–Crippen MR) is 68.9 cm³/mol. The third-order valence-electron chi connectivity index (χ3n) is 4.17. The second kappa shape index (κ2) is 8.54. The summed E-state index contributed by atoms with van der Waals surface area (Å²) in [7, 11) is 0. The van der Waals surface area contributed by atoms with Crippen LogP contribution in [0.3, 0.4) is 0 Å².